The minimum atomic E-state index is -0.183. The number of allylic oxidation sites excluding steroid dienone is 1. The van der Waals surface area contributed by atoms with Gasteiger partial charge in [-0.1, -0.05) is 17.3 Å². The molecule has 1 aromatic heterocycles. The van der Waals surface area contributed by atoms with Crippen LogP contribution in [0.15, 0.2) is 46.9 Å². The number of thiophene rings is 1. The quantitative estimate of drug-likeness (QED) is 0.238. The van der Waals surface area contributed by atoms with Crippen LogP contribution in [0.5, 0.6) is 17.2 Å². The van der Waals surface area contributed by atoms with Gasteiger partial charge in [-0.15, -0.1) is 11.3 Å². The van der Waals surface area contributed by atoms with E-state index in [1.807, 2.05) is 23.6 Å². The first-order valence-corrected chi connectivity index (χ1v) is 11.4. The van der Waals surface area contributed by atoms with E-state index >= 15 is 0 Å². The SMILES string of the molecule is COc1c(O)ccc2c1-c1ccc3c(c1/C(=C/c1sccc1/C=N/O)O2)C(C)=CC(C)(C)N3. The van der Waals surface area contributed by atoms with Gasteiger partial charge in [-0.05, 0) is 62.1 Å². The Morgan fingerprint density at radius 3 is 2.70 bits per heavy atom. The van der Waals surface area contributed by atoms with E-state index < -0.39 is 0 Å². The van der Waals surface area contributed by atoms with Crippen LogP contribution < -0.4 is 14.8 Å². The fourth-order valence-electron chi connectivity index (χ4n) is 4.68. The van der Waals surface area contributed by atoms with Gasteiger partial charge >= 0.3 is 0 Å². The first-order valence-electron chi connectivity index (χ1n) is 10.5. The minimum Gasteiger partial charge on any atom is -0.504 e. The summed E-state index contributed by atoms with van der Waals surface area (Å²) in [5.74, 6) is 1.71. The molecule has 2 aliphatic rings. The van der Waals surface area contributed by atoms with Gasteiger partial charge in [-0.25, -0.2) is 0 Å². The number of rotatable bonds is 3. The van der Waals surface area contributed by atoms with Gasteiger partial charge in [-0.2, -0.15) is 0 Å². The molecule has 0 radical (unpaired) electrons. The number of benzene rings is 2. The molecule has 2 aromatic carbocycles. The third-order valence-electron chi connectivity index (χ3n) is 5.86. The molecule has 0 saturated carbocycles. The summed E-state index contributed by atoms with van der Waals surface area (Å²) in [4.78, 5) is 0.909. The Morgan fingerprint density at radius 2 is 1.94 bits per heavy atom. The van der Waals surface area contributed by atoms with Crippen LogP contribution in [0.4, 0.5) is 5.69 Å². The summed E-state index contributed by atoms with van der Waals surface area (Å²) < 4.78 is 12.0. The van der Waals surface area contributed by atoms with E-state index in [1.165, 1.54) is 17.6 Å². The highest BCUT2D eigenvalue weighted by Crippen LogP contribution is 2.54. The zero-order chi connectivity index (χ0) is 23.3. The van der Waals surface area contributed by atoms with E-state index in [0.29, 0.717) is 22.8 Å². The second-order valence-corrected chi connectivity index (χ2v) is 9.62. The van der Waals surface area contributed by atoms with E-state index in [-0.39, 0.29) is 11.3 Å². The Hall–Kier alpha value is -3.71. The monoisotopic (exact) mass is 460 g/mol. The van der Waals surface area contributed by atoms with Crippen molar-refractivity contribution in [2.24, 2.45) is 5.16 Å². The zero-order valence-corrected chi connectivity index (χ0v) is 19.6. The zero-order valence-electron chi connectivity index (χ0n) is 18.8. The number of methoxy groups -OCH3 is 1. The Morgan fingerprint density at radius 1 is 1.12 bits per heavy atom. The fraction of sp³-hybridized carbons (Fsp3) is 0.192. The Labute approximate surface area is 196 Å². The average Bonchev–Trinajstić information content (AvgIpc) is 3.19. The van der Waals surface area contributed by atoms with Gasteiger partial charge in [0.1, 0.15) is 11.5 Å². The molecule has 0 atom stereocenters. The van der Waals surface area contributed by atoms with Crippen LogP contribution in [0.25, 0.3) is 28.5 Å². The second-order valence-electron chi connectivity index (χ2n) is 8.67. The molecule has 2 aliphatic heterocycles. The molecule has 0 unspecified atom stereocenters. The van der Waals surface area contributed by atoms with Crippen molar-refractivity contribution in [3.63, 3.8) is 0 Å². The molecule has 0 aliphatic carbocycles. The molecule has 5 rings (SSSR count). The van der Waals surface area contributed by atoms with Gasteiger partial charge in [0.25, 0.3) is 0 Å². The van der Waals surface area contributed by atoms with Crippen molar-refractivity contribution in [2.75, 3.05) is 12.4 Å². The lowest BCUT2D eigenvalue weighted by molar-refractivity contribution is 0.322. The Balaban J connectivity index is 1.83. The maximum Gasteiger partial charge on any atom is 0.172 e. The van der Waals surface area contributed by atoms with Gasteiger partial charge in [0, 0.05) is 32.8 Å². The van der Waals surface area contributed by atoms with Crippen molar-refractivity contribution >= 4 is 40.6 Å². The van der Waals surface area contributed by atoms with Crippen molar-refractivity contribution in [3.05, 3.63) is 63.4 Å². The predicted molar refractivity (Wildman–Crippen MR) is 134 cm³/mol. The molecule has 0 spiro atoms. The second kappa shape index (κ2) is 7.71. The van der Waals surface area contributed by atoms with Crippen LogP contribution in [0.1, 0.15) is 42.3 Å². The summed E-state index contributed by atoms with van der Waals surface area (Å²) in [5, 5.41) is 28.2. The Bertz CT molecular complexity index is 1360. The van der Waals surface area contributed by atoms with Gasteiger partial charge < -0.3 is 25.1 Å². The van der Waals surface area contributed by atoms with Crippen molar-refractivity contribution < 1.29 is 19.8 Å². The molecule has 3 aromatic rings. The van der Waals surface area contributed by atoms with Gasteiger partial charge in [0.05, 0.1) is 24.4 Å². The van der Waals surface area contributed by atoms with Crippen LogP contribution in [0.3, 0.4) is 0 Å². The van der Waals surface area contributed by atoms with Crippen LogP contribution in [-0.4, -0.2) is 29.2 Å². The average molecular weight is 461 g/mol. The maximum absolute atomic E-state index is 10.5. The number of phenols is 1. The third kappa shape index (κ3) is 3.45. The molecule has 3 heterocycles. The molecule has 33 heavy (non-hydrogen) atoms. The first kappa shape index (κ1) is 21.2. The number of anilines is 1. The molecule has 0 fully saturated rings. The smallest absolute Gasteiger partial charge is 0.172 e. The van der Waals surface area contributed by atoms with Gasteiger partial charge in [0.15, 0.2) is 11.5 Å². The van der Waals surface area contributed by atoms with Crippen molar-refractivity contribution in [1.29, 1.82) is 0 Å². The topological polar surface area (TPSA) is 83.3 Å². The predicted octanol–water partition coefficient (Wildman–Crippen LogP) is 6.44. The van der Waals surface area contributed by atoms with E-state index in [2.05, 4.69) is 43.4 Å². The number of hydrogen-bond donors (Lipinski definition) is 3. The molecule has 168 valence electrons. The molecular weight excluding hydrogens is 436 g/mol. The highest BCUT2D eigenvalue weighted by Gasteiger charge is 2.33. The van der Waals surface area contributed by atoms with E-state index in [4.69, 9.17) is 14.7 Å². The number of oxime groups is 1. The number of hydrogen-bond acceptors (Lipinski definition) is 7. The van der Waals surface area contributed by atoms with Crippen LogP contribution in [0.2, 0.25) is 0 Å². The number of nitrogens with zero attached hydrogens (tertiary/aromatic N) is 1. The van der Waals surface area contributed by atoms with E-state index in [9.17, 15) is 5.11 Å². The standard InChI is InChI=1S/C26H24N2O4S/c1-14-12-26(2,3)28-17-6-5-16-23(22(14)17)20(11-21-15(13-27-30)9-10-33-21)32-19-8-7-18(29)25(31-4)24(16)19/h5-13,28-30H,1-4H3/b20-11-,27-13+. The Kier molecular flexibility index (Phi) is 4.94. The molecule has 6 nitrogen and oxygen atoms in total. The first-order chi connectivity index (χ1) is 15.8. The third-order valence-corrected chi connectivity index (χ3v) is 6.74. The number of phenolic OH excluding ortho intramolecular Hbond substituents is 1. The molecule has 7 heteroatoms. The van der Waals surface area contributed by atoms with E-state index in [1.54, 1.807) is 19.2 Å². The number of fused-ring (bicyclic) bond motifs is 5. The lowest BCUT2D eigenvalue weighted by Gasteiger charge is -2.35. The minimum absolute atomic E-state index is 0.0576. The van der Waals surface area contributed by atoms with Gasteiger partial charge in [-0.3, -0.25) is 0 Å². The normalized spacial score (nSPS) is 17.0. The lowest BCUT2D eigenvalue weighted by atomic mass is 9.83. The van der Waals surface area contributed by atoms with E-state index in [0.717, 1.165) is 38.4 Å². The van der Waals surface area contributed by atoms with Crippen LogP contribution in [-0.2, 0) is 0 Å². The lowest BCUT2D eigenvalue weighted by Crippen LogP contribution is -2.32. The number of ether oxygens (including phenoxy) is 2. The summed E-state index contributed by atoms with van der Waals surface area (Å²) >= 11 is 1.53. The maximum atomic E-state index is 10.5. The fourth-order valence-corrected chi connectivity index (χ4v) is 5.48. The molecule has 3 N–H and O–H groups in total. The summed E-state index contributed by atoms with van der Waals surface area (Å²) in [6.45, 7) is 6.37. The van der Waals surface area contributed by atoms with Crippen LogP contribution >= 0.6 is 11.3 Å². The molecule has 0 bridgehead atoms. The largest absolute Gasteiger partial charge is 0.504 e. The van der Waals surface area contributed by atoms with Crippen molar-refractivity contribution in [2.45, 2.75) is 26.3 Å². The molecule has 0 amide bonds. The highest BCUT2D eigenvalue weighted by atomic mass is 32.1. The molecular formula is C26H24N2O4S. The number of aromatic hydroxyl groups is 1. The van der Waals surface area contributed by atoms with Gasteiger partial charge in [0.2, 0.25) is 0 Å². The summed E-state index contributed by atoms with van der Waals surface area (Å²) in [5.41, 5.74) is 6.35. The van der Waals surface area contributed by atoms with Crippen molar-refractivity contribution in [3.8, 4) is 28.4 Å². The summed E-state index contributed by atoms with van der Waals surface area (Å²) in [7, 11) is 1.54. The molecule has 0 saturated heterocycles. The number of nitrogens with one attached hydrogen (secondary N) is 1. The summed E-state index contributed by atoms with van der Waals surface area (Å²) in [6, 6.07) is 9.32. The summed E-state index contributed by atoms with van der Waals surface area (Å²) in [6.07, 6.45) is 5.59. The van der Waals surface area contributed by atoms with Crippen molar-refractivity contribution in [1.82, 2.24) is 0 Å². The highest BCUT2D eigenvalue weighted by molar-refractivity contribution is 7.11. The van der Waals surface area contributed by atoms with Crippen LogP contribution in [0, 0.1) is 0 Å².